The number of carbonyl (C=O) groups excluding carboxylic acids is 2. The van der Waals surface area contributed by atoms with E-state index in [4.69, 9.17) is 9.47 Å². The predicted molar refractivity (Wildman–Crippen MR) is 109 cm³/mol. The second-order valence-electron chi connectivity index (χ2n) is 8.46. The van der Waals surface area contributed by atoms with Crippen LogP contribution < -0.4 is 0 Å². The number of alkyl halides is 3. The van der Waals surface area contributed by atoms with Gasteiger partial charge in [0, 0.05) is 18.5 Å². The minimum atomic E-state index is -4.54. The molecule has 3 rings (SSSR count). The predicted octanol–water partition coefficient (Wildman–Crippen LogP) is 4.42. The lowest BCUT2D eigenvalue weighted by Crippen LogP contribution is -2.40. The van der Waals surface area contributed by atoms with Crippen molar-refractivity contribution in [1.82, 2.24) is 14.7 Å². The number of nitrogens with zero attached hydrogens (tertiary/aromatic N) is 3. The summed E-state index contributed by atoms with van der Waals surface area (Å²) in [5.74, 6) is -0.697. The first kappa shape index (κ1) is 23.6. The molecule has 174 valence electrons. The van der Waals surface area contributed by atoms with Crippen LogP contribution in [0.25, 0.3) is 0 Å². The summed E-state index contributed by atoms with van der Waals surface area (Å²) in [4.78, 5) is 26.7. The van der Waals surface area contributed by atoms with Crippen molar-refractivity contribution in [1.29, 1.82) is 0 Å². The van der Waals surface area contributed by atoms with Crippen LogP contribution >= 0.6 is 0 Å². The Morgan fingerprint density at radius 1 is 1.16 bits per heavy atom. The average Bonchev–Trinajstić information content (AvgIpc) is 3.03. The highest BCUT2D eigenvalue weighted by Crippen LogP contribution is 2.33. The van der Waals surface area contributed by atoms with Crippen molar-refractivity contribution in [3.05, 3.63) is 52.3 Å². The Morgan fingerprint density at radius 3 is 2.47 bits per heavy atom. The SMILES string of the molecule is CCOC(=O)c1c2c(nn1Cc1ccccc1C(F)(F)F)CCN(C(=O)OC(C)(C)C)C2. The van der Waals surface area contributed by atoms with E-state index in [0.717, 1.165) is 6.07 Å². The molecule has 0 N–H and O–H groups in total. The number of ether oxygens (including phenoxy) is 2. The number of aromatic nitrogens is 2. The summed E-state index contributed by atoms with van der Waals surface area (Å²) in [6.07, 6.45) is -4.73. The highest BCUT2D eigenvalue weighted by atomic mass is 19.4. The van der Waals surface area contributed by atoms with Gasteiger partial charge < -0.3 is 14.4 Å². The topological polar surface area (TPSA) is 73.7 Å². The fraction of sp³-hybridized carbons (Fsp3) is 0.500. The van der Waals surface area contributed by atoms with Gasteiger partial charge in [0.2, 0.25) is 0 Å². The molecule has 1 aliphatic heterocycles. The van der Waals surface area contributed by atoms with Gasteiger partial charge in [0.1, 0.15) is 5.60 Å². The second-order valence-corrected chi connectivity index (χ2v) is 8.46. The molecular formula is C22H26F3N3O4. The molecule has 32 heavy (non-hydrogen) atoms. The molecule has 1 aliphatic rings. The van der Waals surface area contributed by atoms with E-state index >= 15 is 0 Å². The largest absolute Gasteiger partial charge is 0.461 e. The molecule has 10 heteroatoms. The third-order valence-corrected chi connectivity index (χ3v) is 4.86. The molecular weight excluding hydrogens is 427 g/mol. The van der Waals surface area contributed by atoms with Crippen molar-refractivity contribution in [2.24, 2.45) is 0 Å². The zero-order valence-corrected chi connectivity index (χ0v) is 18.5. The lowest BCUT2D eigenvalue weighted by atomic mass is 10.0. The summed E-state index contributed by atoms with van der Waals surface area (Å²) in [5.41, 5.74) is -0.435. The zero-order chi connectivity index (χ0) is 23.7. The molecule has 0 saturated heterocycles. The lowest BCUT2D eigenvalue weighted by Gasteiger charge is -2.29. The second kappa shape index (κ2) is 8.84. The number of halogens is 3. The molecule has 2 aromatic rings. The summed E-state index contributed by atoms with van der Waals surface area (Å²) in [6, 6.07) is 5.16. The fourth-order valence-corrected chi connectivity index (χ4v) is 3.55. The number of carbonyl (C=O) groups is 2. The van der Waals surface area contributed by atoms with E-state index in [1.54, 1.807) is 27.7 Å². The van der Waals surface area contributed by atoms with E-state index in [2.05, 4.69) is 5.10 Å². The van der Waals surface area contributed by atoms with Crippen LogP contribution in [0.15, 0.2) is 24.3 Å². The summed E-state index contributed by atoms with van der Waals surface area (Å²) in [5, 5.41) is 4.41. The first-order valence-corrected chi connectivity index (χ1v) is 10.3. The zero-order valence-electron chi connectivity index (χ0n) is 18.5. The Morgan fingerprint density at radius 2 is 1.84 bits per heavy atom. The van der Waals surface area contributed by atoms with Crippen LogP contribution in [0.1, 0.15) is 60.6 Å². The molecule has 7 nitrogen and oxygen atoms in total. The van der Waals surface area contributed by atoms with Gasteiger partial charge in [-0.1, -0.05) is 18.2 Å². The minimum absolute atomic E-state index is 0.0191. The molecule has 1 amide bonds. The van der Waals surface area contributed by atoms with E-state index in [9.17, 15) is 22.8 Å². The van der Waals surface area contributed by atoms with Crippen LogP contribution in [0.5, 0.6) is 0 Å². The molecule has 0 spiro atoms. The van der Waals surface area contributed by atoms with Crippen LogP contribution in [0.4, 0.5) is 18.0 Å². The maximum absolute atomic E-state index is 13.5. The molecule has 1 aromatic carbocycles. The smallest absolute Gasteiger partial charge is 0.416 e. The maximum Gasteiger partial charge on any atom is 0.416 e. The summed E-state index contributed by atoms with van der Waals surface area (Å²) in [7, 11) is 0. The first-order valence-electron chi connectivity index (χ1n) is 10.3. The number of benzene rings is 1. The van der Waals surface area contributed by atoms with Gasteiger partial charge in [-0.25, -0.2) is 9.59 Å². The number of amides is 1. The van der Waals surface area contributed by atoms with Gasteiger partial charge >= 0.3 is 18.2 Å². The average molecular weight is 453 g/mol. The normalized spacial score (nSPS) is 14.2. The number of hydrogen-bond donors (Lipinski definition) is 0. The molecule has 1 aromatic heterocycles. The number of esters is 1. The van der Waals surface area contributed by atoms with E-state index in [1.807, 2.05) is 0 Å². The van der Waals surface area contributed by atoms with E-state index in [0.29, 0.717) is 24.2 Å². The van der Waals surface area contributed by atoms with Gasteiger partial charge in [-0.05, 0) is 39.3 Å². The lowest BCUT2D eigenvalue weighted by molar-refractivity contribution is -0.138. The third-order valence-electron chi connectivity index (χ3n) is 4.86. The number of fused-ring (bicyclic) bond motifs is 1. The fourth-order valence-electron chi connectivity index (χ4n) is 3.55. The van der Waals surface area contributed by atoms with Gasteiger partial charge in [-0.3, -0.25) is 4.68 Å². The third kappa shape index (κ3) is 5.23. The summed E-state index contributed by atoms with van der Waals surface area (Å²) >= 11 is 0. The quantitative estimate of drug-likeness (QED) is 0.641. The molecule has 0 fully saturated rings. The Balaban J connectivity index is 1.99. The van der Waals surface area contributed by atoms with Gasteiger partial charge in [0.25, 0.3) is 0 Å². The molecule has 0 saturated carbocycles. The van der Waals surface area contributed by atoms with Gasteiger partial charge in [0.05, 0.1) is 31.0 Å². The van der Waals surface area contributed by atoms with Crippen molar-refractivity contribution < 1.29 is 32.2 Å². The highest BCUT2D eigenvalue weighted by Gasteiger charge is 2.35. The maximum atomic E-state index is 13.5. The minimum Gasteiger partial charge on any atom is -0.461 e. The number of rotatable bonds is 4. The van der Waals surface area contributed by atoms with E-state index < -0.39 is 29.4 Å². The van der Waals surface area contributed by atoms with Crippen molar-refractivity contribution in [3.63, 3.8) is 0 Å². The summed E-state index contributed by atoms with van der Waals surface area (Å²) in [6.45, 7) is 7.09. The monoisotopic (exact) mass is 453 g/mol. The molecule has 0 bridgehead atoms. The van der Waals surface area contributed by atoms with Crippen LogP contribution in [-0.4, -0.2) is 45.5 Å². The van der Waals surface area contributed by atoms with Gasteiger partial charge in [-0.15, -0.1) is 0 Å². The van der Waals surface area contributed by atoms with Crippen molar-refractivity contribution in [2.75, 3.05) is 13.2 Å². The Labute approximate surface area is 184 Å². The van der Waals surface area contributed by atoms with E-state index in [1.165, 1.54) is 27.8 Å². The highest BCUT2D eigenvalue weighted by molar-refractivity contribution is 5.90. The molecule has 0 atom stereocenters. The number of hydrogen-bond acceptors (Lipinski definition) is 5. The van der Waals surface area contributed by atoms with Gasteiger partial charge in [-0.2, -0.15) is 18.3 Å². The first-order chi connectivity index (χ1) is 14.9. The van der Waals surface area contributed by atoms with E-state index in [-0.39, 0.29) is 31.0 Å². The van der Waals surface area contributed by atoms with Gasteiger partial charge in [0.15, 0.2) is 5.69 Å². The Bertz CT molecular complexity index is 1010. The summed E-state index contributed by atoms with van der Waals surface area (Å²) < 4.78 is 52.2. The Hall–Kier alpha value is -3.04. The molecule has 0 aliphatic carbocycles. The van der Waals surface area contributed by atoms with Crippen LogP contribution in [0.3, 0.4) is 0 Å². The van der Waals surface area contributed by atoms with Crippen LogP contribution in [0.2, 0.25) is 0 Å². The molecule has 0 radical (unpaired) electrons. The van der Waals surface area contributed by atoms with Crippen LogP contribution in [0, 0.1) is 0 Å². The van der Waals surface area contributed by atoms with Crippen molar-refractivity contribution in [2.45, 2.75) is 59.0 Å². The standard InChI is InChI=1S/C22H26F3N3O4/c1-5-31-19(29)18-15-13-27(20(30)32-21(2,3)4)11-10-17(15)26-28(18)12-14-8-6-7-9-16(14)22(23,24)25/h6-9H,5,10-13H2,1-4H3. The van der Waals surface area contributed by atoms with Crippen molar-refractivity contribution >= 4 is 12.1 Å². The van der Waals surface area contributed by atoms with Crippen molar-refractivity contribution in [3.8, 4) is 0 Å². The Kier molecular flexibility index (Phi) is 6.52. The molecule has 0 unspecified atom stereocenters. The van der Waals surface area contributed by atoms with Crippen LogP contribution in [-0.2, 0) is 35.2 Å². The molecule has 2 heterocycles.